The van der Waals surface area contributed by atoms with Gasteiger partial charge in [0.2, 0.25) is 0 Å². The van der Waals surface area contributed by atoms with E-state index in [9.17, 15) is 0 Å². The molecule has 149 heavy (non-hydrogen) atoms. The molecule has 700 valence electrons. The van der Waals surface area contributed by atoms with Crippen LogP contribution in [-0.4, -0.2) is 0 Å². The van der Waals surface area contributed by atoms with Gasteiger partial charge in [0, 0.05) is 65.9 Å². The maximum Gasteiger partial charge on any atom is 0.0713 e. The van der Waals surface area contributed by atoms with Crippen LogP contribution in [0.25, 0.3) is 161 Å². The highest BCUT2D eigenvalue weighted by Crippen LogP contribution is 2.64. The van der Waals surface area contributed by atoms with Gasteiger partial charge in [0.25, 0.3) is 0 Å². The summed E-state index contributed by atoms with van der Waals surface area (Å²) in [5, 5.41) is 8.00. The van der Waals surface area contributed by atoms with Crippen molar-refractivity contribution >= 4 is 94.5 Å². The van der Waals surface area contributed by atoms with Crippen molar-refractivity contribution in [3.63, 3.8) is 0 Å². The van der Waals surface area contributed by atoms with E-state index in [1.165, 1.54) is 266 Å². The number of benzene rings is 23. The molecule has 3 heteroatoms. The average molecular weight is 1950 g/mol. The van der Waals surface area contributed by atoms with E-state index in [1.807, 2.05) is 34.0 Å². The van der Waals surface area contributed by atoms with E-state index in [2.05, 4.69) is 561 Å². The molecule has 0 saturated heterocycles. The lowest BCUT2D eigenvalue weighted by Gasteiger charge is -2.36. The quantitative estimate of drug-likeness (QED) is 0.114. The molecule has 0 N–H and O–H groups in total. The largest absolute Gasteiger partial charge is 0.135 e. The van der Waals surface area contributed by atoms with Gasteiger partial charge in [-0.3, -0.25) is 0 Å². The zero-order valence-corrected chi connectivity index (χ0v) is 85.1. The summed E-state index contributed by atoms with van der Waals surface area (Å²) in [7, 11) is 0. The van der Waals surface area contributed by atoms with E-state index in [0.29, 0.717) is 0 Å². The normalized spacial score (nSPS) is 14.1. The minimum atomic E-state index is -0.501. The molecular formula is C146H98S3. The van der Waals surface area contributed by atoms with Crippen LogP contribution in [0.3, 0.4) is 0 Å². The van der Waals surface area contributed by atoms with Crippen LogP contribution in [0.5, 0.6) is 0 Å². The summed E-state index contributed by atoms with van der Waals surface area (Å²) in [6.07, 6.45) is 0. The first kappa shape index (κ1) is 88.2. The molecule has 23 aromatic carbocycles. The van der Waals surface area contributed by atoms with Crippen molar-refractivity contribution in [1.82, 2.24) is 0 Å². The van der Waals surface area contributed by atoms with Crippen LogP contribution in [0.2, 0.25) is 0 Å². The van der Waals surface area contributed by atoms with Gasteiger partial charge in [0.1, 0.15) is 0 Å². The fraction of sp³-hybridized carbons (Fsp3) is 0.0548. The van der Waals surface area contributed by atoms with E-state index in [-0.39, 0.29) is 10.8 Å². The molecule has 0 fully saturated rings. The number of hydrogen-bond acceptors (Lipinski definition) is 3. The van der Waals surface area contributed by atoms with E-state index >= 15 is 0 Å². The van der Waals surface area contributed by atoms with E-state index in [1.54, 1.807) is 0 Å². The lowest BCUT2D eigenvalue weighted by Crippen LogP contribution is -2.30. The Morgan fingerprint density at radius 3 is 0.698 bits per heavy atom. The zero-order chi connectivity index (χ0) is 98.8. The summed E-state index contributed by atoms with van der Waals surface area (Å²) >= 11 is 5.68. The maximum absolute atomic E-state index is 2.46. The second-order valence-corrected chi connectivity index (χ2v) is 44.4. The Kier molecular flexibility index (Phi) is 20.6. The Balaban J connectivity index is 0.000000107. The average Bonchev–Trinajstić information content (AvgIpc) is 1.53. The molecule has 26 aromatic rings. The molecule has 3 heterocycles. The maximum atomic E-state index is 2.46. The third-order valence-electron chi connectivity index (χ3n) is 33.5. The topological polar surface area (TPSA) is 0 Å². The van der Waals surface area contributed by atoms with E-state index in [4.69, 9.17) is 0 Å². The summed E-state index contributed by atoms with van der Waals surface area (Å²) in [6, 6.07) is 202. The van der Waals surface area contributed by atoms with Crippen LogP contribution >= 0.6 is 34.0 Å². The third-order valence-corrected chi connectivity index (χ3v) is 37.2. The van der Waals surface area contributed by atoms with Gasteiger partial charge in [-0.15, -0.1) is 34.0 Å². The van der Waals surface area contributed by atoms with Crippen LogP contribution in [0.15, 0.2) is 540 Å². The molecule has 0 saturated carbocycles. The molecule has 31 rings (SSSR count). The standard InChI is InChI=1S/C56H36S.C52H36S.C38H26S/c1-2-15-38(16-3-1)55(49-24-9-4-17-43(49)44-18-5-10-25-50(44)55)40-33-35-41(36-34-40)56(51-26-11-6-19-45(51)46-20-7-12-27-52(46)56)39-31-29-37(30-32-39)42-22-14-23-48-47-21-8-13-28-53(47)57-54(42)48;1-51(2)45-21-7-3-15-39(45)42-30-27-35(32-48(42)51)34-13-11-14-37(31-34)52(46-22-8-4-16-40(46)41-17-5-9-23-47(41)52)36-28-25-33(26-29-36)38-19-12-20-44-43-18-6-10-24-49(43)53-50(38)44;1-25-10-8-11-28(24-25)38(34-17-5-2-12-30(34)31-13-3-6-18-35(31)38)27-22-20-26(21-23-27)29-15-9-16-33-32-14-4-7-19-36(32)39-37(29)33/h1-36H;3-32H,1-2H3;2-24H,1H3. The Hall–Kier alpha value is -17.3. The highest BCUT2D eigenvalue weighted by molar-refractivity contribution is 7.27. The monoisotopic (exact) mass is 1950 g/mol. The predicted octanol–water partition coefficient (Wildman–Crippen LogP) is 38.9. The summed E-state index contributed by atoms with van der Waals surface area (Å²) in [5.74, 6) is 0. The first-order valence-electron chi connectivity index (χ1n) is 52.0. The smallest absolute Gasteiger partial charge is 0.0713 e. The van der Waals surface area contributed by atoms with Crippen molar-refractivity contribution in [2.24, 2.45) is 0 Å². The summed E-state index contributed by atoms with van der Waals surface area (Å²) < 4.78 is 8.06. The van der Waals surface area contributed by atoms with Crippen molar-refractivity contribution in [1.29, 1.82) is 0 Å². The van der Waals surface area contributed by atoms with Crippen molar-refractivity contribution in [3.05, 3.63) is 646 Å². The van der Waals surface area contributed by atoms with Gasteiger partial charge in [-0.1, -0.05) is 529 Å². The van der Waals surface area contributed by atoms with Crippen LogP contribution < -0.4 is 0 Å². The molecule has 0 atom stereocenters. The number of hydrogen-bond donors (Lipinski definition) is 0. The fourth-order valence-corrected chi connectivity index (χ4v) is 30.8. The first-order chi connectivity index (χ1) is 73.6. The Bertz CT molecular complexity index is 9700. The van der Waals surface area contributed by atoms with Gasteiger partial charge >= 0.3 is 0 Å². The molecule has 0 radical (unpaired) electrons. The van der Waals surface area contributed by atoms with Gasteiger partial charge in [-0.2, -0.15) is 0 Å². The lowest BCUT2D eigenvalue weighted by atomic mass is 9.65. The van der Waals surface area contributed by atoms with E-state index in [0.717, 1.165) is 0 Å². The number of thiophene rings is 3. The number of fused-ring (bicyclic) bond motifs is 24. The van der Waals surface area contributed by atoms with Gasteiger partial charge in [0.05, 0.1) is 21.7 Å². The molecule has 5 aliphatic carbocycles. The minimum Gasteiger partial charge on any atom is -0.135 e. The molecular weight excluding hydrogens is 1850 g/mol. The summed E-state index contributed by atoms with van der Waals surface area (Å²) in [4.78, 5) is 0. The first-order valence-corrected chi connectivity index (χ1v) is 54.4. The van der Waals surface area contributed by atoms with Crippen molar-refractivity contribution in [2.75, 3.05) is 0 Å². The number of aryl methyl sites for hydroxylation is 1. The van der Waals surface area contributed by atoms with Gasteiger partial charge in [-0.05, 0) is 238 Å². The second kappa shape index (κ2) is 34.7. The molecule has 0 bridgehead atoms. The SMILES string of the molecule is CC1(C)c2ccccc2-c2ccc(-c3cccc(C4(c5ccc(-c6cccc7c6sc6ccccc67)cc5)c5ccccc5-c5ccccc54)c3)cc21.Cc1cccc(C2(c3ccc(-c4cccc5c4sc4ccccc45)cc3)c3ccccc3-c3ccccc32)c1.c1ccc(C2(c3ccc(C4(c5ccc(-c6cccc7c6sc6ccccc67)cc5)c5ccccc5-c5ccccc54)cc3)c3ccccc3-c3ccccc32)cc1. The molecule has 0 amide bonds. The Morgan fingerprint density at radius 2 is 0.362 bits per heavy atom. The van der Waals surface area contributed by atoms with Crippen LogP contribution in [0.1, 0.15) is 120 Å². The highest BCUT2D eigenvalue weighted by Gasteiger charge is 2.52. The molecule has 0 spiro atoms. The van der Waals surface area contributed by atoms with Gasteiger partial charge in [0.15, 0.2) is 0 Å². The molecule has 3 aromatic heterocycles. The molecule has 0 nitrogen and oxygen atoms in total. The zero-order valence-electron chi connectivity index (χ0n) is 82.6. The van der Waals surface area contributed by atoms with Crippen LogP contribution in [0.4, 0.5) is 0 Å². The van der Waals surface area contributed by atoms with Gasteiger partial charge < -0.3 is 0 Å². The van der Waals surface area contributed by atoms with Gasteiger partial charge in [-0.25, -0.2) is 0 Å². The predicted molar refractivity (Wildman–Crippen MR) is 631 cm³/mol. The third kappa shape index (κ3) is 13.2. The van der Waals surface area contributed by atoms with Crippen molar-refractivity contribution in [2.45, 2.75) is 47.8 Å². The molecule has 0 unspecified atom stereocenters. The summed E-state index contributed by atoms with van der Waals surface area (Å²) in [6.45, 7) is 6.92. The Morgan fingerprint density at radius 1 is 0.141 bits per heavy atom. The molecule has 0 aliphatic heterocycles. The Labute approximate surface area is 880 Å². The van der Waals surface area contributed by atoms with Crippen molar-refractivity contribution in [3.8, 4) is 100 Å². The lowest BCUT2D eigenvalue weighted by molar-refractivity contribution is 0.660. The van der Waals surface area contributed by atoms with Crippen LogP contribution in [0, 0.1) is 6.92 Å². The highest BCUT2D eigenvalue weighted by atomic mass is 32.1. The molecule has 5 aliphatic rings. The van der Waals surface area contributed by atoms with E-state index < -0.39 is 16.2 Å². The fourth-order valence-electron chi connectivity index (χ4n) is 27.1. The number of rotatable bonds is 12. The second-order valence-electron chi connectivity index (χ2n) is 41.3. The van der Waals surface area contributed by atoms with Crippen LogP contribution in [-0.2, 0) is 27.1 Å². The summed E-state index contributed by atoms with van der Waals surface area (Å²) in [5.41, 5.74) is 46.6. The van der Waals surface area contributed by atoms with Crippen molar-refractivity contribution < 1.29 is 0 Å². The minimum absolute atomic E-state index is 0.0496.